The number of esters is 1. The average molecular weight is 397 g/mol. The summed E-state index contributed by atoms with van der Waals surface area (Å²) in [5.41, 5.74) is 3.38. The highest BCUT2D eigenvalue weighted by Crippen LogP contribution is 2.27. The zero-order valence-corrected chi connectivity index (χ0v) is 18.0. The maximum atomic E-state index is 12.9. The fourth-order valence-corrected chi connectivity index (χ4v) is 4.43. The Hall–Kier alpha value is -2.56. The van der Waals surface area contributed by atoms with Gasteiger partial charge in [0.05, 0.1) is 12.2 Å². The SMILES string of the molecule is CCOC(=O)c1cc(-c2ccccc2)n(CCC(=O)N2CC(C)CC(C)C2)c1C. The Morgan fingerprint density at radius 3 is 2.38 bits per heavy atom. The van der Waals surface area contributed by atoms with Crippen LogP contribution >= 0.6 is 0 Å². The van der Waals surface area contributed by atoms with Crippen LogP contribution in [0.25, 0.3) is 11.3 Å². The van der Waals surface area contributed by atoms with E-state index in [9.17, 15) is 9.59 Å². The van der Waals surface area contributed by atoms with Gasteiger partial charge in [0.25, 0.3) is 0 Å². The minimum Gasteiger partial charge on any atom is -0.462 e. The molecule has 0 saturated carbocycles. The van der Waals surface area contributed by atoms with Crippen LogP contribution in [-0.4, -0.2) is 41.0 Å². The minimum absolute atomic E-state index is 0.188. The lowest BCUT2D eigenvalue weighted by atomic mass is 9.92. The molecule has 1 aliphatic heterocycles. The molecule has 2 aromatic rings. The third-order valence-corrected chi connectivity index (χ3v) is 5.70. The van der Waals surface area contributed by atoms with Crippen molar-refractivity contribution < 1.29 is 14.3 Å². The Labute approximate surface area is 173 Å². The van der Waals surface area contributed by atoms with Crippen LogP contribution in [0.5, 0.6) is 0 Å². The van der Waals surface area contributed by atoms with Gasteiger partial charge in [0.1, 0.15) is 0 Å². The molecule has 0 bridgehead atoms. The van der Waals surface area contributed by atoms with E-state index in [1.807, 2.05) is 55.1 Å². The molecular formula is C24H32N2O3. The summed E-state index contributed by atoms with van der Waals surface area (Å²) < 4.78 is 7.31. The number of hydrogen-bond acceptors (Lipinski definition) is 3. The number of likely N-dealkylation sites (tertiary alicyclic amines) is 1. The molecule has 1 aliphatic rings. The van der Waals surface area contributed by atoms with E-state index >= 15 is 0 Å². The first-order valence-electron chi connectivity index (χ1n) is 10.6. The van der Waals surface area contributed by atoms with Crippen molar-refractivity contribution in [1.82, 2.24) is 9.47 Å². The molecule has 2 atom stereocenters. The van der Waals surface area contributed by atoms with Gasteiger partial charge >= 0.3 is 5.97 Å². The van der Waals surface area contributed by atoms with Crippen LogP contribution in [0, 0.1) is 18.8 Å². The van der Waals surface area contributed by atoms with Crippen molar-refractivity contribution in [2.75, 3.05) is 19.7 Å². The number of rotatable bonds is 6. The number of carbonyl (C=O) groups excluding carboxylic acids is 2. The zero-order valence-electron chi connectivity index (χ0n) is 18.0. The molecule has 0 N–H and O–H groups in total. The second kappa shape index (κ2) is 9.29. The van der Waals surface area contributed by atoms with E-state index in [1.54, 1.807) is 0 Å². The summed E-state index contributed by atoms with van der Waals surface area (Å²) in [7, 11) is 0. The maximum absolute atomic E-state index is 12.9. The Kier molecular flexibility index (Phi) is 6.78. The Morgan fingerprint density at radius 1 is 1.10 bits per heavy atom. The lowest BCUT2D eigenvalue weighted by Gasteiger charge is -2.35. The van der Waals surface area contributed by atoms with Gasteiger partial charge in [0.2, 0.25) is 5.91 Å². The van der Waals surface area contributed by atoms with E-state index < -0.39 is 0 Å². The van der Waals surface area contributed by atoms with Gasteiger partial charge in [-0.1, -0.05) is 44.2 Å². The molecule has 5 nitrogen and oxygen atoms in total. The van der Waals surface area contributed by atoms with Crippen LogP contribution < -0.4 is 0 Å². The molecule has 5 heteroatoms. The van der Waals surface area contributed by atoms with Crippen molar-refractivity contribution in [1.29, 1.82) is 0 Å². The molecule has 0 aliphatic carbocycles. The minimum atomic E-state index is -0.314. The maximum Gasteiger partial charge on any atom is 0.339 e. The van der Waals surface area contributed by atoms with Crippen LogP contribution in [0.4, 0.5) is 0 Å². The first-order valence-corrected chi connectivity index (χ1v) is 10.6. The van der Waals surface area contributed by atoms with Crippen LogP contribution in [0.15, 0.2) is 36.4 Å². The highest BCUT2D eigenvalue weighted by atomic mass is 16.5. The molecule has 0 spiro atoms. The molecule has 3 rings (SSSR count). The standard InChI is InChI=1S/C24H32N2O3/c1-5-29-24(28)21-14-22(20-9-7-6-8-10-20)26(19(21)4)12-11-23(27)25-15-17(2)13-18(3)16-25/h6-10,14,17-18H,5,11-13,15-16H2,1-4H3. The number of aromatic nitrogens is 1. The summed E-state index contributed by atoms with van der Waals surface area (Å²) in [6, 6.07) is 11.9. The third-order valence-electron chi connectivity index (χ3n) is 5.70. The Bertz CT molecular complexity index is 847. The summed E-state index contributed by atoms with van der Waals surface area (Å²) in [5, 5.41) is 0. The predicted octanol–water partition coefficient (Wildman–Crippen LogP) is 4.53. The van der Waals surface area contributed by atoms with Gasteiger partial charge in [-0.15, -0.1) is 0 Å². The van der Waals surface area contributed by atoms with E-state index in [4.69, 9.17) is 4.74 Å². The molecule has 156 valence electrons. The summed E-state index contributed by atoms with van der Waals surface area (Å²) >= 11 is 0. The second-order valence-electron chi connectivity index (χ2n) is 8.26. The average Bonchev–Trinajstić information content (AvgIpc) is 3.02. The zero-order chi connectivity index (χ0) is 21.0. The summed E-state index contributed by atoms with van der Waals surface area (Å²) in [5.74, 6) is 0.969. The third kappa shape index (κ3) is 4.89. The Morgan fingerprint density at radius 2 is 1.76 bits per heavy atom. The number of piperidine rings is 1. The largest absolute Gasteiger partial charge is 0.462 e. The summed E-state index contributed by atoms with van der Waals surface area (Å²) in [4.78, 5) is 27.3. The molecular weight excluding hydrogens is 364 g/mol. The molecule has 29 heavy (non-hydrogen) atoms. The van der Waals surface area contributed by atoms with Gasteiger partial charge in [-0.05, 0) is 43.7 Å². The smallest absolute Gasteiger partial charge is 0.339 e. The molecule has 1 fully saturated rings. The highest BCUT2D eigenvalue weighted by Gasteiger charge is 2.26. The fraction of sp³-hybridized carbons (Fsp3) is 0.500. The first kappa shape index (κ1) is 21.2. The normalized spacial score (nSPS) is 19.2. The highest BCUT2D eigenvalue weighted by molar-refractivity contribution is 5.92. The molecule has 0 radical (unpaired) electrons. The molecule has 2 unspecified atom stereocenters. The van der Waals surface area contributed by atoms with Crippen molar-refractivity contribution >= 4 is 11.9 Å². The molecule has 2 heterocycles. The van der Waals surface area contributed by atoms with E-state index in [0.717, 1.165) is 30.0 Å². The van der Waals surface area contributed by atoms with Crippen LogP contribution in [-0.2, 0) is 16.1 Å². The van der Waals surface area contributed by atoms with E-state index in [1.165, 1.54) is 6.42 Å². The van der Waals surface area contributed by atoms with Crippen molar-refractivity contribution in [3.05, 3.63) is 47.7 Å². The van der Waals surface area contributed by atoms with Gasteiger partial charge in [-0.25, -0.2) is 4.79 Å². The molecule has 1 aromatic carbocycles. The van der Waals surface area contributed by atoms with Crippen molar-refractivity contribution in [3.63, 3.8) is 0 Å². The fourth-order valence-electron chi connectivity index (χ4n) is 4.43. The van der Waals surface area contributed by atoms with Crippen molar-refractivity contribution in [3.8, 4) is 11.3 Å². The number of nitrogens with zero attached hydrogens (tertiary/aromatic N) is 2. The monoisotopic (exact) mass is 396 g/mol. The topological polar surface area (TPSA) is 51.5 Å². The van der Waals surface area contributed by atoms with Crippen LogP contribution in [0.1, 0.15) is 49.7 Å². The Balaban J connectivity index is 1.83. The van der Waals surface area contributed by atoms with Gasteiger partial charge < -0.3 is 14.2 Å². The molecule has 1 amide bonds. The lowest BCUT2D eigenvalue weighted by molar-refractivity contribution is -0.134. The quantitative estimate of drug-likeness (QED) is 0.674. The van der Waals surface area contributed by atoms with Gasteiger partial charge in [0.15, 0.2) is 0 Å². The van der Waals surface area contributed by atoms with E-state index in [2.05, 4.69) is 18.4 Å². The predicted molar refractivity (Wildman–Crippen MR) is 115 cm³/mol. The number of amides is 1. The summed E-state index contributed by atoms with van der Waals surface area (Å²) in [6.45, 7) is 10.7. The lowest BCUT2D eigenvalue weighted by Crippen LogP contribution is -2.42. The van der Waals surface area contributed by atoms with Crippen molar-refractivity contribution in [2.45, 2.75) is 47.1 Å². The van der Waals surface area contributed by atoms with Gasteiger partial charge in [-0.2, -0.15) is 0 Å². The van der Waals surface area contributed by atoms with E-state index in [0.29, 0.717) is 37.0 Å². The number of ether oxygens (including phenoxy) is 1. The molecule has 1 aromatic heterocycles. The van der Waals surface area contributed by atoms with Crippen molar-refractivity contribution in [2.24, 2.45) is 11.8 Å². The van der Waals surface area contributed by atoms with Gasteiger partial charge in [0, 0.05) is 37.4 Å². The van der Waals surface area contributed by atoms with E-state index in [-0.39, 0.29) is 11.9 Å². The van der Waals surface area contributed by atoms with Crippen LogP contribution in [0.2, 0.25) is 0 Å². The summed E-state index contributed by atoms with van der Waals surface area (Å²) in [6.07, 6.45) is 1.61. The molecule has 1 saturated heterocycles. The van der Waals surface area contributed by atoms with Gasteiger partial charge in [-0.3, -0.25) is 4.79 Å². The number of carbonyl (C=O) groups is 2. The second-order valence-corrected chi connectivity index (χ2v) is 8.26. The van der Waals surface area contributed by atoms with Crippen LogP contribution in [0.3, 0.4) is 0 Å². The number of hydrogen-bond donors (Lipinski definition) is 0. The first-order chi connectivity index (χ1) is 13.9. The number of benzene rings is 1.